The highest BCUT2D eigenvalue weighted by atomic mass is 32.2. The lowest BCUT2D eigenvalue weighted by atomic mass is 10.4. The van der Waals surface area contributed by atoms with Crippen LogP contribution in [0.25, 0.3) is 0 Å². The summed E-state index contributed by atoms with van der Waals surface area (Å²) in [7, 11) is 0. The third-order valence-electron chi connectivity index (χ3n) is 0.512. The molecule has 0 aliphatic carbocycles. The highest BCUT2D eigenvalue weighted by Crippen LogP contribution is 1.95. The minimum absolute atomic E-state index is 0.583. The molecule has 0 unspecified atom stereocenters. The monoisotopic (exact) mass is 151 g/mol. The van der Waals surface area contributed by atoms with Gasteiger partial charge in [0.2, 0.25) is 0 Å². The Kier molecular flexibility index (Phi) is 6.27. The van der Waals surface area contributed by atoms with Crippen LogP contribution in [-0.2, 0) is 0 Å². The van der Waals surface area contributed by atoms with Gasteiger partial charge in [-0.2, -0.15) is 12.6 Å². The van der Waals surface area contributed by atoms with Crippen LogP contribution in [0.3, 0.4) is 0 Å². The molecule has 0 saturated heterocycles. The van der Waals surface area contributed by atoms with Gasteiger partial charge >= 0.3 is 0 Å². The molecule has 1 N–H and O–H groups in total. The smallest absolute Gasteiger partial charge is 0.0167 e. The highest BCUT2D eigenvalue weighted by molar-refractivity contribution is 7.98. The van der Waals surface area contributed by atoms with E-state index in [2.05, 4.69) is 31.2 Å². The first-order valence-corrected chi connectivity index (χ1v) is 4.37. The minimum atomic E-state index is 0.583. The van der Waals surface area contributed by atoms with E-state index in [-0.39, 0.29) is 0 Å². The summed E-state index contributed by atoms with van der Waals surface area (Å²) >= 11 is 5.80. The molecule has 50 valence electrons. The number of hydrogen-bond acceptors (Lipinski definition) is 3. The third-order valence-corrected chi connectivity index (χ3v) is 2.08. The van der Waals surface area contributed by atoms with E-state index in [1.165, 1.54) is 0 Å². The van der Waals surface area contributed by atoms with E-state index in [9.17, 15) is 0 Å². The van der Waals surface area contributed by atoms with E-state index in [1.807, 2.05) is 0 Å². The normalized spacial score (nSPS) is 10.5. The van der Waals surface area contributed by atoms with Crippen molar-refractivity contribution < 1.29 is 0 Å². The summed E-state index contributed by atoms with van der Waals surface area (Å²) in [4.78, 5) is 0. The molecule has 0 saturated carbocycles. The van der Waals surface area contributed by atoms with Crippen molar-refractivity contribution in [2.24, 2.45) is 0 Å². The van der Waals surface area contributed by atoms with Gasteiger partial charge in [-0.1, -0.05) is 11.9 Å². The van der Waals surface area contributed by atoms with Crippen molar-refractivity contribution in [2.75, 3.05) is 11.5 Å². The first-order valence-electron chi connectivity index (χ1n) is 2.75. The second kappa shape index (κ2) is 5.79. The fourth-order valence-electron chi connectivity index (χ4n) is 0.271. The second-order valence-corrected chi connectivity index (χ2v) is 3.22. The molecule has 0 radical (unpaired) electrons. The Labute approximate surface area is 61.2 Å². The van der Waals surface area contributed by atoms with Crippen molar-refractivity contribution >= 4 is 24.6 Å². The van der Waals surface area contributed by atoms with Crippen LogP contribution < -0.4 is 4.72 Å². The van der Waals surface area contributed by atoms with E-state index in [0.29, 0.717) is 6.04 Å². The predicted octanol–water partition coefficient (Wildman–Crippen LogP) is 1.56. The Morgan fingerprint density at radius 1 is 1.62 bits per heavy atom. The molecule has 0 aliphatic heterocycles. The molecule has 0 rings (SSSR count). The second-order valence-electron chi connectivity index (χ2n) is 1.84. The quantitative estimate of drug-likeness (QED) is 0.359. The van der Waals surface area contributed by atoms with Crippen LogP contribution in [0.2, 0.25) is 0 Å². The zero-order valence-corrected chi connectivity index (χ0v) is 7.06. The van der Waals surface area contributed by atoms with Gasteiger partial charge in [-0.15, -0.1) is 0 Å². The van der Waals surface area contributed by atoms with E-state index in [4.69, 9.17) is 0 Å². The summed E-state index contributed by atoms with van der Waals surface area (Å²) in [6.45, 7) is 4.26. The van der Waals surface area contributed by atoms with Crippen LogP contribution in [0.4, 0.5) is 0 Å². The average molecular weight is 151 g/mol. The lowest BCUT2D eigenvalue weighted by Gasteiger charge is -2.03. The van der Waals surface area contributed by atoms with Gasteiger partial charge in [0.25, 0.3) is 0 Å². The number of nitrogens with one attached hydrogen (secondary N) is 1. The molecule has 0 aromatic carbocycles. The van der Waals surface area contributed by atoms with Crippen LogP contribution >= 0.6 is 24.6 Å². The van der Waals surface area contributed by atoms with Crippen LogP contribution in [-0.4, -0.2) is 17.5 Å². The third kappa shape index (κ3) is 6.66. The van der Waals surface area contributed by atoms with E-state index >= 15 is 0 Å². The summed E-state index contributed by atoms with van der Waals surface area (Å²) in [5, 5.41) is 0. The molecule has 8 heavy (non-hydrogen) atoms. The zero-order valence-electron chi connectivity index (χ0n) is 5.35. The lowest BCUT2D eigenvalue weighted by Crippen LogP contribution is -2.14. The van der Waals surface area contributed by atoms with E-state index in [1.54, 1.807) is 11.9 Å². The molecule has 0 bridgehead atoms. The number of hydrogen-bond donors (Lipinski definition) is 2. The molecule has 0 aliphatic rings. The summed E-state index contributed by atoms with van der Waals surface area (Å²) in [6.07, 6.45) is 0. The van der Waals surface area contributed by atoms with Gasteiger partial charge in [0.05, 0.1) is 0 Å². The van der Waals surface area contributed by atoms with Crippen LogP contribution in [0.15, 0.2) is 0 Å². The van der Waals surface area contributed by atoms with Gasteiger partial charge in [0, 0.05) is 17.5 Å². The van der Waals surface area contributed by atoms with Crippen molar-refractivity contribution in [3.8, 4) is 0 Å². The Morgan fingerprint density at radius 2 is 2.25 bits per heavy atom. The van der Waals surface area contributed by atoms with Gasteiger partial charge in [0.15, 0.2) is 0 Å². The van der Waals surface area contributed by atoms with Crippen molar-refractivity contribution in [1.82, 2.24) is 4.72 Å². The summed E-state index contributed by atoms with van der Waals surface area (Å²) in [5.41, 5.74) is 0. The Balaban J connectivity index is 2.72. The molecule has 0 spiro atoms. The lowest BCUT2D eigenvalue weighted by molar-refractivity contribution is 0.771. The van der Waals surface area contributed by atoms with Crippen molar-refractivity contribution in [3.05, 3.63) is 0 Å². The minimum Gasteiger partial charge on any atom is -0.262 e. The van der Waals surface area contributed by atoms with Crippen molar-refractivity contribution in [2.45, 2.75) is 19.9 Å². The fraction of sp³-hybridized carbons (Fsp3) is 1.00. The summed E-state index contributed by atoms with van der Waals surface area (Å²) < 4.78 is 3.21. The van der Waals surface area contributed by atoms with Gasteiger partial charge in [0.1, 0.15) is 0 Å². The molecule has 0 amide bonds. The van der Waals surface area contributed by atoms with Gasteiger partial charge in [-0.25, -0.2) is 0 Å². The number of rotatable bonds is 4. The maximum atomic E-state index is 4.06. The molecule has 0 aromatic heterocycles. The largest absolute Gasteiger partial charge is 0.262 e. The summed E-state index contributed by atoms with van der Waals surface area (Å²) in [5.74, 6) is 2.03. The Bertz CT molecular complexity index is 47.7. The first-order chi connectivity index (χ1) is 3.77. The molecule has 0 fully saturated rings. The van der Waals surface area contributed by atoms with Gasteiger partial charge < -0.3 is 0 Å². The van der Waals surface area contributed by atoms with E-state index < -0.39 is 0 Å². The molecule has 3 heteroatoms. The average Bonchev–Trinajstić information content (AvgIpc) is 1.66. The standard InChI is InChI=1S/C5H13NS2/c1-5(2)6-8-4-3-7/h5-7H,3-4H2,1-2H3. The number of thiol groups is 1. The molecule has 0 atom stereocenters. The molecule has 0 aromatic rings. The fourth-order valence-corrected chi connectivity index (χ4v) is 1.09. The first kappa shape index (κ1) is 8.66. The topological polar surface area (TPSA) is 12.0 Å². The maximum absolute atomic E-state index is 4.06. The molecular formula is C5H13NS2. The van der Waals surface area contributed by atoms with Crippen LogP contribution in [0, 0.1) is 0 Å². The van der Waals surface area contributed by atoms with Crippen LogP contribution in [0.1, 0.15) is 13.8 Å². The SMILES string of the molecule is CC(C)NSCCS. The highest BCUT2D eigenvalue weighted by Gasteiger charge is 1.88. The van der Waals surface area contributed by atoms with Crippen LogP contribution in [0.5, 0.6) is 0 Å². The molecular weight excluding hydrogens is 138 g/mol. The predicted molar refractivity (Wildman–Crippen MR) is 44.6 cm³/mol. The summed E-state index contributed by atoms with van der Waals surface area (Å²) in [6, 6.07) is 0.583. The maximum Gasteiger partial charge on any atom is 0.0167 e. The van der Waals surface area contributed by atoms with Crippen molar-refractivity contribution in [1.29, 1.82) is 0 Å². The van der Waals surface area contributed by atoms with E-state index in [0.717, 1.165) is 11.5 Å². The zero-order chi connectivity index (χ0) is 6.41. The Morgan fingerprint density at radius 3 is 2.62 bits per heavy atom. The van der Waals surface area contributed by atoms with Crippen molar-refractivity contribution in [3.63, 3.8) is 0 Å². The molecule has 1 nitrogen and oxygen atoms in total. The molecule has 0 heterocycles. The van der Waals surface area contributed by atoms with Gasteiger partial charge in [-0.3, -0.25) is 4.72 Å². The Hall–Kier alpha value is 0.660. The van der Waals surface area contributed by atoms with Gasteiger partial charge in [-0.05, 0) is 13.8 Å².